The van der Waals surface area contributed by atoms with Crippen LogP contribution in [0.1, 0.15) is 136 Å². The van der Waals surface area contributed by atoms with E-state index in [2.05, 4.69) is 38.7 Å². The van der Waals surface area contributed by atoms with Gasteiger partial charge in [-0.25, -0.2) is 0 Å². The van der Waals surface area contributed by atoms with Gasteiger partial charge in [-0.1, -0.05) is 59.3 Å². The van der Waals surface area contributed by atoms with Crippen molar-refractivity contribution in [3.8, 4) is 0 Å². The molecule has 0 amide bonds. The molecular formula is C32H59NO4S2. The van der Waals surface area contributed by atoms with Crippen LogP contribution in [0.4, 0.5) is 0 Å². The third-order valence-electron chi connectivity index (χ3n) is 9.32. The van der Waals surface area contributed by atoms with Crippen molar-refractivity contribution in [3.63, 3.8) is 0 Å². The van der Waals surface area contributed by atoms with Gasteiger partial charge in [-0.2, -0.15) is 12.6 Å². The number of piperidine rings is 1. The predicted molar refractivity (Wildman–Crippen MR) is 169 cm³/mol. The summed E-state index contributed by atoms with van der Waals surface area (Å²) in [6.07, 6.45) is 19.3. The third kappa shape index (κ3) is 14.9. The summed E-state index contributed by atoms with van der Waals surface area (Å²) in [6.45, 7) is 9.63. The third-order valence-corrected chi connectivity index (χ3v) is 11.2. The molecule has 1 heterocycles. The summed E-state index contributed by atoms with van der Waals surface area (Å²) < 4.78 is 11.6. The molecular weight excluding hydrogens is 526 g/mol. The van der Waals surface area contributed by atoms with Crippen molar-refractivity contribution in [2.75, 3.05) is 32.1 Å². The lowest BCUT2D eigenvalue weighted by atomic mass is 9.69. The Morgan fingerprint density at radius 2 is 1.54 bits per heavy atom. The van der Waals surface area contributed by atoms with Crippen molar-refractivity contribution >= 4 is 36.3 Å². The normalized spacial score (nSPS) is 23.7. The monoisotopic (exact) mass is 585 g/mol. The van der Waals surface area contributed by atoms with E-state index in [-0.39, 0.29) is 27.4 Å². The SMILES string of the molecule is CCCCCCCCSC(S)CCC(=O)OCCC1(CCOC(=O)CC2(C)CCC(CC)CC2)CCNCC1. The number of esters is 2. The number of ether oxygens (including phenoxy) is 2. The predicted octanol–water partition coefficient (Wildman–Crippen LogP) is 8.35. The number of thiol groups is 1. The first kappa shape index (κ1) is 34.8. The van der Waals surface area contributed by atoms with Gasteiger partial charge in [-0.3, -0.25) is 9.59 Å². The maximum Gasteiger partial charge on any atom is 0.306 e. The Kier molecular flexibility index (Phi) is 17.6. The van der Waals surface area contributed by atoms with E-state index in [0.29, 0.717) is 26.1 Å². The van der Waals surface area contributed by atoms with Crippen molar-refractivity contribution in [1.82, 2.24) is 5.32 Å². The highest BCUT2D eigenvalue weighted by molar-refractivity contribution is 8.10. The fourth-order valence-corrected chi connectivity index (χ4v) is 7.58. The highest BCUT2D eigenvalue weighted by atomic mass is 32.2. The summed E-state index contributed by atoms with van der Waals surface area (Å²) in [6, 6.07) is 0. The summed E-state index contributed by atoms with van der Waals surface area (Å²) in [5.41, 5.74) is 0.177. The van der Waals surface area contributed by atoms with Crippen LogP contribution >= 0.6 is 24.4 Å². The van der Waals surface area contributed by atoms with E-state index in [1.807, 2.05) is 11.8 Å². The molecule has 5 nitrogen and oxygen atoms in total. The standard InChI is InChI=1S/C32H59NO4S2/c1-4-6-7-8-9-10-25-39-30(38)12-11-28(34)36-23-19-32(17-21-33-22-18-32)20-24-37-29(35)26-31(3)15-13-27(5-2)14-16-31/h27,30,33,38H,4-26H2,1-3H3. The Hall–Kier alpha value is -0.400. The van der Waals surface area contributed by atoms with Gasteiger partial charge in [0.05, 0.1) is 19.6 Å². The molecule has 2 rings (SSSR count). The number of thioether (sulfide) groups is 1. The number of carbonyl (C=O) groups is 2. The summed E-state index contributed by atoms with van der Waals surface area (Å²) in [5, 5.41) is 3.45. The maximum atomic E-state index is 12.7. The van der Waals surface area contributed by atoms with Crippen LogP contribution in [0.2, 0.25) is 0 Å². The van der Waals surface area contributed by atoms with Gasteiger partial charge in [0.1, 0.15) is 0 Å². The minimum Gasteiger partial charge on any atom is -0.466 e. The first-order valence-electron chi connectivity index (χ1n) is 16.1. The summed E-state index contributed by atoms with van der Waals surface area (Å²) in [4.78, 5) is 25.1. The van der Waals surface area contributed by atoms with Gasteiger partial charge in [0.15, 0.2) is 0 Å². The lowest BCUT2D eigenvalue weighted by molar-refractivity contribution is -0.148. The van der Waals surface area contributed by atoms with Crippen LogP contribution in [0.25, 0.3) is 0 Å². The molecule has 2 fully saturated rings. The van der Waals surface area contributed by atoms with E-state index in [0.717, 1.165) is 69.7 Å². The number of nitrogens with one attached hydrogen (secondary N) is 1. The number of hydrogen-bond acceptors (Lipinski definition) is 7. The highest BCUT2D eigenvalue weighted by Crippen LogP contribution is 2.42. The molecule has 1 unspecified atom stereocenters. The van der Waals surface area contributed by atoms with E-state index in [4.69, 9.17) is 9.47 Å². The summed E-state index contributed by atoms with van der Waals surface area (Å²) in [5.74, 6) is 1.79. The number of hydrogen-bond donors (Lipinski definition) is 2. The van der Waals surface area contributed by atoms with Gasteiger partial charge in [0, 0.05) is 11.0 Å². The zero-order valence-electron chi connectivity index (χ0n) is 25.4. The molecule has 1 saturated heterocycles. The van der Waals surface area contributed by atoms with Crippen molar-refractivity contribution in [2.45, 2.75) is 141 Å². The molecule has 2 aliphatic rings. The maximum absolute atomic E-state index is 12.7. The van der Waals surface area contributed by atoms with Crippen molar-refractivity contribution in [3.05, 3.63) is 0 Å². The minimum atomic E-state index is -0.115. The lowest BCUT2D eigenvalue weighted by Crippen LogP contribution is -2.38. The first-order chi connectivity index (χ1) is 18.8. The smallest absolute Gasteiger partial charge is 0.306 e. The van der Waals surface area contributed by atoms with Gasteiger partial charge in [0.25, 0.3) is 0 Å². The largest absolute Gasteiger partial charge is 0.466 e. The molecule has 0 radical (unpaired) electrons. The minimum absolute atomic E-state index is 0.0429. The quantitative estimate of drug-likeness (QED) is 0.0648. The lowest BCUT2D eigenvalue weighted by Gasteiger charge is -2.38. The van der Waals surface area contributed by atoms with E-state index in [9.17, 15) is 9.59 Å². The molecule has 0 aromatic carbocycles. The summed E-state index contributed by atoms with van der Waals surface area (Å²) >= 11 is 6.53. The fourth-order valence-electron chi connectivity index (χ4n) is 6.20. The van der Waals surface area contributed by atoms with Crippen molar-refractivity contribution in [2.24, 2.45) is 16.7 Å². The van der Waals surface area contributed by atoms with E-state index < -0.39 is 0 Å². The van der Waals surface area contributed by atoms with Crippen LogP contribution in [-0.4, -0.2) is 48.6 Å². The molecule has 1 saturated carbocycles. The Balaban J connectivity index is 1.61. The molecule has 1 aliphatic heterocycles. The van der Waals surface area contributed by atoms with Crippen molar-refractivity contribution < 1.29 is 19.1 Å². The van der Waals surface area contributed by atoms with Crippen LogP contribution in [0, 0.1) is 16.7 Å². The van der Waals surface area contributed by atoms with Gasteiger partial charge < -0.3 is 14.8 Å². The van der Waals surface area contributed by atoms with E-state index >= 15 is 0 Å². The average molecular weight is 586 g/mol. The van der Waals surface area contributed by atoms with E-state index in [1.54, 1.807) is 0 Å². The fraction of sp³-hybridized carbons (Fsp3) is 0.938. The topological polar surface area (TPSA) is 64.6 Å². The molecule has 7 heteroatoms. The van der Waals surface area contributed by atoms with Gasteiger partial charge in [-0.05, 0) is 99.8 Å². The molecule has 1 N–H and O–H groups in total. The van der Waals surface area contributed by atoms with E-state index in [1.165, 1.54) is 57.8 Å². The van der Waals surface area contributed by atoms with Crippen LogP contribution in [0.3, 0.4) is 0 Å². The zero-order chi connectivity index (χ0) is 28.4. The molecule has 0 aromatic rings. The Morgan fingerprint density at radius 3 is 2.18 bits per heavy atom. The second-order valence-corrected chi connectivity index (χ2v) is 14.9. The average Bonchev–Trinajstić information content (AvgIpc) is 2.92. The first-order valence-corrected chi connectivity index (χ1v) is 17.7. The van der Waals surface area contributed by atoms with Gasteiger partial charge >= 0.3 is 11.9 Å². The van der Waals surface area contributed by atoms with Crippen LogP contribution in [-0.2, 0) is 19.1 Å². The second kappa shape index (κ2) is 19.7. The van der Waals surface area contributed by atoms with Gasteiger partial charge in [-0.15, -0.1) is 11.8 Å². The molecule has 1 aliphatic carbocycles. The molecule has 39 heavy (non-hydrogen) atoms. The van der Waals surface area contributed by atoms with Crippen molar-refractivity contribution in [1.29, 1.82) is 0 Å². The second-order valence-electron chi connectivity index (χ2n) is 12.7. The van der Waals surface area contributed by atoms with Crippen LogP contribution in [0.15, 0.2) is 0 Å². The molecule has 228 valence electrons. The molecule has 0 aromatic heterocycles. The van der Waals surface area contributed by atoms with Gasteiger partial charge in [0.2, 0.25) is 0 Å². The molecule has 1 atom stereocenters. The summed E-state index contributed by atoms with van der Waals surface area (Å²) in [7, 11) is 0. The Bertz CT molecular complexity index is 675. The Labute approximate surface area is 249 Å². The van der Waals surface area contributed by atoms with Crippen LogP contribution < -0.4 is 5.32 Å². The van der Waals surface area contributed by atoms with Crippen LogP contribution in [0.5, 0.6) is 0 Å². The number of rotatable bonds is 20. The number of unbranched alkanes of at least 4 members (excludes halogenated alkanes) is 5. The zero-order valence-corrected chi connectivity index (χ0v) is 27.1. The highest BCUT2D eigenvalue weighted by Gasteiger charge is 2.35. The molecule has 0 bridgehead atoms. The molecule has 0 spiro atoms. The Morgan fingerprint density at radius 1 is 0.923 bits per heavy atom. The number of carbonyl (C=O) groups excluding carboxylic acids is 2.